The number of anilines is 1. The Morgan fingerprint density at radius 1 is 1.53 bits per heavy atom. The summed E-state index contributed by atoms with van der Waals surface area (Å²) < 4.78 is 0. The molecule has 1 amide bonds. The van der Waals surface area contributed by atoms with Gasteiger partial charge in [0.25, 0.3) is 0 Å². The summed E-state index contributed by atoms with van der Waals surface area (Å²) in [5.74, 6) is 0.404. The lowest BCUT2D eigenvalue weighted by molar-refractivity contribution is -0.130. The Bertz CT molecular complexity index is 446. The summed E-state index contributed by atoms with van der Waals surface area (Å²) in [5, 5.41) is 12.6. The van der Waals surface area contributed by atoms with E-state index >= 15 is 0 Å². The van der Waals surface area contributed by atoms with Crippen molar-refractivity contribution in [3.05, 3.63) is 29.8 Å². The molecule has 19 heavy (non-hydrogen) atoms. The highest BCUT2D eigenvalue weighted by Crippen LogP contribution is 2.33. The lowest BCUT2D eigenvalue weighted by Gasteiger charge is -2.20. The van der Waals surface area contributed by atoms with Crippen LogP contribution in [-0.2, 0) is 4.79 Å². The van der Waals surface area contributed by atoms with Crippen LogP contribution in [-0.4, -0.2) is 42.2 Å². The van der Waals surface area contributed by atoms with Crippen molar-refractivity contribution in [2.45, 2.75) is 31.8 Å². The number of aliphatic hydroxyl groups excluding tert-OH is 1. The van der Waals surface area contributed by atoms with Crippen LogP contribution in [0.15, 0.2) is 24.3 Å². The maximum absolute atomic E-state index is 12.1. The standard InChI is InChI=1S/C15H22N2O2/c1-11(18)7-8-17(2)15(19)9-12-10-16-14-6-4-3-5-13(12)14/h3-6,11-12,16,18H,7-10H2,1-2H3. The molecule has 4 nitrogen and oxygen atoms in total. The second kappa shape index (κ2) is 6.06. The van der Waals surface area contributed by atoms with Crippen LogP contribution in [0.2, 0.25) is 0 Å². The van der Waals surface area contributed by atoms with E-state index in [0.717, 1.165) is 12.2 Å². The van der Waals surface area contributed by atoms with E-state index in [4.69, 9.17) is 0 Å². The van der Waals surface area contributed by atoms with Crippen LogP contribution >= 0.6 is 0 Å². The molecule has 4 heteroatoms. The highest BCUT2D eigenvalue weighted by Gasteiger charge is 2.25. The summed E-state index contributed by atoms with van der Waals surface area (Å²) in [7, 11) is 1.80. The van der Waals surface area contributed by atoms with Gasteiger partial charge in [-0.1, -0.05) is 18.2 Å². The lowest BCUT2D eigenvalue weighted by atomic mass is 9.97. The number of carbonyl (C=O) groups is 1. The Balaban J connectivity index is 1.90. The van der Waals surface area contributed by atoms with Crippen LogP contribution in [0, 0.1) is 0 Å². The number of hydrogen-bond acceptors (Lipinski definition) is 3. The largest absolute Gasteiger partial charge is 0.393 e. The number of benzene rings is 1. The molecule has 0 aliphatic carbocycles. The fraction of sp³-hybridized carbons (Fsp3) is 0.533. The maximum Gasteiger partial charge on any atom is 0.222 e. The van der Waals surface area contributed by atoms with Crippen molar-refractivity contribution in [3.63, 3.8) is 0 Å². The zero-order valence-electron chi connectivity index (χ0n) is 11.6. The molecule has 2 N–H and O–H groups in total. The third-order valence-electron chi connectivity index (χ3n) is 3.67. The average Bonchev–Trinajstić information content (AvgIpc) is 2.79. The van der Waals surface area contributed by atoms with Crippen molar-refractivity contribution in [2.24, 2.45) is 0 Å². The van der Waals surface area contributed by atoms with Crippen LogP contribution < -0.4 is 5.32 Å². The summed E-state index contributed by atoms with van der Waals surface area (Å²) in [6, 6.07) is 8.16. The third kappa shape index (κ3) is 3.47. The Morgan fingerprint density at radius 2 is 2.26 bits per heavy atom. The molecule has 1 aromatic carbocycles. The van der Waals surface area contributed by atoms with E-state index in [1.165, 1.54) is 5.56 Å². The van der Waals surface area contributed by atoms with Gasteiger partial charge in [-0.2, -0.15) is 0 Å². The number of carbonyl (C=O) groups excluding carboxylic acids is 1. The Labute approximate surface area is 114 Å². The minimum Gasteiger partial charge on any atom is -0.393 e. The number of para-hydroxylation sites is 1. The maximum atomic E-state index is 12.1. The van der Waals surface area contributed by atoms with E-state index in [0.29, 0.717) is 19.4 Å². The van der Waals surface area contributed by atoms with Crippen molar-refractivity contribution in [1.29, 1.82) is 0 Å². The van der Waals surface area contributed by atoms with Crippen LogP contribution in [0.4, 0.5) is 5.69 Å². The van der Waals surface area contributed by atoms with Gasteiger partial charge in [-0.3, -0.25) is 4.79 Å². The minimum absolute atomic E-state index is 0.143. The molecule has 2 unspecified atom stereocenters. The Hall–Kier alpha value is -1.55. The van der Waals surface area contributed by atoms with Gasteiger partial charge < -0.3 is 15.3 Å². The predicted octanol–water partition coefficient (Wildman–Crippen LogP) is 1.82. The zero-order valence-corrected chi connectivity index (χ0v) is 11.6. The van der Waals surface area contributed by atoms with Crippen molar-refractivity contribution < 1.29 is 9.90 Å². The van der Waals surface area contributed by atoms with E-state index in [1.54, 1.807) is 18.9 Å². The summed E-state index contributed by atoms with van der Waals surface area (Å²) in [4.78, 5) is 13.9. The number of aliphatic hydroxyl groups is 1. The number of nitrogens with one attached hydrogen (secondary N) is 1. The number of nitrogens with zero attached hydrogens (tertiary/aromatic N) is 1. The quantitative estimate of drug-likeness (QED) is 0.851. The van der Waals surface area contributed by atoms with Gasteiger partial charge in [0.15, 0.2) is 0 Å². The molecule has 1 heterocycles. The lowest BCUT2D eigenvalue weighted by Crippen LogP contribution is -2.30. The highest BCUT2D eigenvalue weighted by molar-refractivity contribution is 5.78. The van der Waals surface area contributed by atoms with Crippen molar-refractivity contribution in [2.75, 3.05) is 25.5 Å². The molecule has 1 aliphatic heterocycles. The van der Waals surface area contributed by atoms with Crippen LogP contribution in [0.25, 0.3) is 0 Å². The molecule has 1 aliphatic rings. The molecule has 104 valence electrons. The summed E-state index contributed by atoms with van der Waals surface area (Å²) in [6.07, 6.45) is 0.798. The second-order valence-electron chi connectivity index (χ2n) is 5.32. The molecule has 2 atom stereocenters. The first-order chi connectivity index (χ1) is 9.08. The first-order valence-electron chi connectivity index (χ1n) is 6.82. The van der Waals surface area contributed by atoms with Gasteiger partial charge in [-0.15, -0.1) is 0 Å². The summed E-state index contributed by atoms with van der Waals surface area (Å²) >= 11 is 0. The predicted molar refractivity (Wildman–Crippen MR) is 76.2 cm³/mol. The first-order valence-corrected chi connectivity index (χ1v) is 6.82. The minimum atomic E-state index is -0.357. The number of fused-ring (bicyclic) bond motifs is 1. The molecule has 2 rings (SSSR count). The molecular formula is C15H22N2O2. The molecular weight excluding hydrogens is 240 g/mol. The van der Waals surface area contributed by atoms with Crippen molar-refractivity contribution in [3.8, 4) is 0 Å². The first kappa shape index (κ1) is 13.9. The van der Waals surface area contributed by atoms with Gasteiger partial charge >= 0.3 is 0 Å². The SMILES string of the molecule is CC(O)CCN(C)C(=O)CC1CNc2ccccc21. The van der Waals surface area contributed by atoms with E-state index in [2.05, 4.69) is 17.4 Å². The number of rotatable bonds is 5. The smallest absolute Gasteiger partial charge is 0.222 e. The molecule has 0 bridgehead atoms. The molecule has 0 fully saturated rings. The van der Waals surface area contributed by atoms with E-state index < -0.39 is 0 Å². The monoisotopic (exact) mass is 262 g/mol. The van der Waals surface area contributed by atoms with Gasteiger partial charge in [0.05, 0.1) is 6.10 Å². The average molecular weight is 262 g/mol. The topological polar surface area (TPSA) is 52.6 Å². The fourth-order valence-corrected chi connectivity index (χ4v) is 2.41. The molecule has 1 aromatic rings. The normalized spacial score (nSPS) is 18.6. The van der Waals surface area contributed by atoms with Crippen molar-refractivity contribution in [1.82, 2.24) is 4.90 Å². The van der Waals surface area contributed by atoms with Crippen LogP contribution in [0.3, 0.4) is 0 Å². The summed E-state index contributed by atoms with van der Waals surface area (Å²) in [6.45, 7) is 3.18. The zero-order chi connectivity index (χ0) is 13.8. The fourth-order valence-electron chi connectivity index (χ4n) is 2.41. The molecule has 0 aromatic heterocycles. The van der Waals surface area contributed by atoms with Crippen LogP contribution in [0.5, 0.6) is 0 Å². The van der Waals surface area contributed by atoms with Gasteiger partial charge in [0, 0.05) is 38.2 Å². The molecule has 0 saturated heterocycles. The van der Waals surface area contributed by atoms with Gasteiger partial charge in [0.1, 0.15) is 0 Å². The number of amides is 1. The second-order valence-corrected chi connectivity index (χ2v) is 5.32. The number of hydrogen-bond donors (Lipinski definition) is 2. The molecule has 0 spiro atoms. The van der Waals surface area contributed by atoms with Gasteiger partial charge in [-0.05, 0) is 25.0 Å². The van der Waals surface area contributed by atoms with Gasteiger partial charge in [-0.25, -0.2) is 0 Å². The third-order valence-corrected chi connectivity index (χ3v) is 3.67. The van der Waals surface area contributed by atoms with E-state index in [-0.39, 0.29) is 17.9 Å². The highest BCUT2D eigenvalue weighted by atomic mass is 16.3. The summed E-state index contributed by atoms with van der Waals surface area (Å²) in [5.41, 5.74) is 2.38. The van der Waals surface area contributed by atoms with Gasteiger partial charge in [0.2, 0.25) is 5.91 Å². The van der Waals surface area contributed by atoms with E-state index in [9.17, 15) is 9.90 Å². The van der Waals surface area contributed by atoms with Crippen molar-refractivity contribution >= 4 is 11.6 Å². The molecule has 0 radical (unpaired) electrons. The van der Waals surface area contributed by atoms with Crippen LogP contribution in [0.1, 0.15) is 31.2 Å². The molecule has 0 saturated carbocycles. The Kier molecular flexibility index (Phi) is 4.43. The Morgan fingerprint density at radius 3 is 3.00 bits per heavy atom. The van der Waals surface area contributed by atoms with E-state index in [1.807, 2.05) is 12.1 Å².